The van der Waals surface area contributed by atoms with Crippen LogP contribution in [0.1, 0.15) is 0 Å². The van der Waals surface area contributed by atoms with Gasteiger partial charge in [0, 0.05) is 7.11 Å². The first-order chi connectivity index (χ1) is 3.77. The summed E-state index contributed by atoms with van der Waals surface area (Å²) in [6.45, 7) is 0.312. The highest BCUT2D eigenvalue weighted by Gasteiger charge is 1.95. The van der Waals surface area contributed by atoms with E-state index in [9.17, 15) is 9.90 Å². The van der Waals surface area contributed by atoms with Crippen LogP contribution in [0.3, 0.4) is 0 Å². The molecular formula is C4H7O4. The largest absolute Gasteiger partial charge is 0.550 e. The van der Waals surface area contributed by atoms with E-state index in [4.69, 9.17) is 0 Å². The minimum absolute atomic E-state index is 0.0405. The van der Waals surface area contributed by atoms with Crippen molar-refractivity contribution in [1.29, 1.82) is 0 Å². The highest BCUT2D eigenvalue weighted by Crippen LogP contribution is 1.75. The zero-order valence-electron chi connectivity index (χ0n) is 4.55. The number of hydrogen-bond acceptors (Lipinski definition) is 3. The van der Waals surface area contributed by atoms with Gasteiger partial charge in [-0.05, 0) is 0 Å². The van der Waals surface area contributed by atoms with Crippen LogP contribution in [0.5, 0.6) is 0 Å². The van der Waals surface area contributed by atoms with E-state index in [1.54, 1.807) is 0 Å². The van der Waals surface area contributed by atoms with E-state index in [0.29, 0.717) is 0 Å². The van der Waals surface area contributed by atoms with E-state index < -0.39 is 6.16 Å². The average Bonchev–Trinajstić information content (AvgIpc) is 1.66. The predicted molar refractivity (Wildman–Crippen MR) is 23.9 cm³/mol. The first-order valence-corrected chi connectivity index (χ1v) is 2.10. The van der Waals surface area contributed by atoms with Crippen LogP contribution < -0.4 is 0 Å². The van der Waals surface area contributed by atoms with Gasteiger partial charge in [-0.15, -0.1) is 0 Å². The van der Waals surface area contributed by atoms with E-state index in [0.717, 1.165) is 0 Å². The number of carbonyl (C=O) groups is 1. The molecule has 0 saturated carbocycles. The fraction of sp³-hybridized carbons (Fsp3) is 0.750. The molecule has 0 spiro atoms. The first kappa shape index (κ1) is 7.23. The van der Waals surface area contributed by atoms with Gasteiger partial charge in [-0.25, -0.2) is 0 Å². The van der Waals surface area contributed by atoms with Gasteiger partial charge in [0.15, 0.2) is 0 Å². The molecule has 0 amide bonds. The van der Waals surface area contributed by atoms with Gasteiger partial charge in [0.05, 0.1) is 6.61 Å². The van der Waals surface area contributed by atoms with Gasteiger partial charge in [0.1, 0.15) is 6.61 Å². The molecule has 47 valence electrons. The van der Waals surface area contributed by atoms with Crippen LogP contribution in [-0.4, -0.2) is 26.5 Å². The molecule has 0 N–H and O–H groups in total. The van der Waals surface area contributed by atoms with Crippen LogP contribution in [0.4, 0.5) is 4.79 Å². The monoisotopic (exact) mass is 119 g/mol. The van der Waals surface area contributed by atoms with Crippen LogP contribution in [0.25, 0.3) is 0 Å². The molecule has 0 aliphatic rings. The summed E-state index contributed by atoms with van der Waals surface area (Å²) in [7, 11) is 1.46. The summed E-state index contributed by atoms with van der Waals surface area (Å²) in [5.41, 5.74) is 0. The second kappa shape index (κ2) is 4.39. The van der Waals surface area contributed by atoms with Crippen LogP contribution >= 0.6 is 0 Å². The van der Waals surface area contributed by atoms with Crippen molar-refractivity contribution in [2.75, 3.05) is 20.3 Å². The molecule has 0 heterocycles. The molecule has 0 fully saturated rings. The van der Waals surface area contributed by atoms with Crippen LogP contribution in [0, 0.1) is 0 Å². The maximum atomic E-state index is 9.49. The van der Waals surface area contributed by atoms with Crippen molar-refractivity contribution in [2.45, 2.75) is 0 Å². The zero-order valence-corrected chi connectivity index (χ0v) is 4.55. The molecule has 0 aromatic heterocycles. The van der Waals surface area contributed by atoms with Gasteiger partial charge in [0.2, 0.25) is 0 Å². The lowest BCUT2D eigenvalue weighted by atomic mass is 10.8. The predicted octanol–water partition coefficient (Wildman–Crippen LogP) is 0.200. The van der Waals surface area contributed by atoms with Crippen molar-refractivity contribution in [1.82, 2.24) is 0 Å². The second-order valence-corrected chi connectivity index (χ2v) is 1.09. The summed E-state index contributed by atoms with van der Waals surface area (Å²) >= 11 is 0. The molecule has 0 aromatic carbocycles. The maximum absolute atomic E-state index is 9.49. The lowest BCUT2D eigenvalue weighted by molar-refractivity contribution is 0.0454. The Labute approximate surface area is 47.0 Å². The average molecular weight is 119 g/mol. The lowest BCUT2D eigenvalue weighted by Crippen LogP contribution is -2.05. The molecule has 0 unspecified atom stereocenters. The van der Waals surface area contributed by atoms with E-state index >= 15 is 0 Å². The highest BCUT2D eigenvalue weighted by atomic mass is 16.7. The Morgan fingerprint density at radius 2 is 2.12 bits per heavy atom. The third-order valence-corrected chi connectivity index (χ3v) is 0.507. The second-order valence-electron chi connectivity index (χ2n) is 1.09. The molecule has 0 aromatic rings. The van der Waals surface area contributed by atoms with Gasteiger partial charge in [-0.3, -0.25) is 0 Å². The van der Waals surface area contributed by atoms with Crippen molar-refractivity contribution in [3.8, 4) is 0 Å². The molecule has 8 heavy (non-hydrogen) atoms. The molecule has 0 saturated heterocycles. The molecular weight excluding hydrogens is 112 g/mol. The normalized spacial score (nSPS) is 8.62. The summed E-state index contributed by atoms with van der Waals surface area (Å²) in [5.74, 6) is 0. The fourth-order valence-corrected chi connectivity index (χ4v) is 0.208. The number of methoxy groups -OCH3 is 1. The summed E-state index contributed by atoms with van der Waals surface area (Å²) in [6.07, 6.45) is -1.51. The Morgan fingerprint density at radius 3 is 2.50 bits per heavy atom. The molecule has 0 aliphatic heterocycles. The smallest absolute Gasteiger partial charge is 0.429 e. The van der Waals surface area contributed by atoms with E-state index in [1.807, 2.05) is 0 Å². The number of rotatable bonds is 3. The van der Waals surface area contributed by atoms with Crippen molar-refractivity contribution >= 4 is 6.16 Å². The van der Waals surface area contributed by atoms with Crippen molar-refractivity contribution in [3.63, 3.8) is 0 Å². The molecule has 4 heteroatoms. The van der Waals surface area contributed by atoms with Gasteiger partial charge in [-0.1, -0.05) is 0 Å². The van der Waals surface area contributed by atoms with Crippen LogP contribution in [0.15, 0.2) is 0 Å². The van der Waals surface area contributed by atoms with E-state index in [2.05, 4.69) is 9.47 Å². The van der Waals surface area contributed by atoms with Gasteiger partial charge in [-0.2, -0.15) is 9.90 Å². The Morgan fingerprint density at radius 1 is 1.50 bits per heavy atom. The SMILES string of the molecule is COCCOC([O])=O. The minimum atomic E-state index is -1.51. The highest BCUT2D eigenvalue weighted by molar-refractivity contribution is 5.56. The topological polar surface area (TPSA) is 55.4 Å². The fourth-order valence-electron chi connectivity index (χ4n) is 0.208. The van der Waals surface area contributed by atoms with Gasteiger partial charge < -0.3 is 9.47 Å². The van der Waals surface area contributed by atoms with E-state index in [1.165, 1.54) is 7.11 Å². The standard InChI is InChI=1S/C4H7O4/c1-7-2-3-8-4(5)6/h2-3H2,1H3. The van der Waals surface area contributed by atoms with Crippen molar-refractivity contribution < 1.29 is 19.4 Å². The molecule has 0 bridgehead atoms. The zero-order chi connectivity index (χ0) is 6.41. The first-order valence-electron chi connectivity index (χ1n) is 2.10. The van der Waals surface area contributed by atoms with Crippen LogP contribution in [-0.2, 0) is 14.6 Å². The third kappa shape index (κ3) is 5.23. The number of hydrogen-bond donors (Lipinski definition) is 0. The van der Waals surface area contributed by atoms with E-state index in [-0.39, 0.29) is 13.2 Å². The summed E-state index contributed by atoms with van der Waals surface area (Å²) in [4.78, 5) is 9.49. The van der Waals surface area contributed by atoms with Crippen LogP contribution in [0.2, 0.25) is 0 Å². The lowest BCUT2D eigenvalue weighted by Gasteiger charge is -1.94. The van der Waals surface area contributed by atoms with Crippen molar-refractivity contribution in [3.05, 3.63) is 0 Å². The maximum Gasteiger partial charge on any atom is 0.550 e. The quantitative estimate of drug-likeness (QED) is 0.394. The number of ether oxygens (including phenoxy) is 2. The molecule has 1 radical (unpaired) electrons. The molecule has 0 aliphatic carbocycles. The molecule has 0 atom stereocenters. The van der Waals surface area contributed by atoms with Crippen molar-refractivity contribution in [2.24, 2.45) is 0 Å². The minimum Gasteiger partial charge on any atom is -0.429 e. The van der Waals surface area contributed by atoms with Gasteiger partial charge in [0.25, 0.3) is 0 Å². The Balaban J connectivity index is 2.82. The Bertz CT molecular complexity index is 70.4. The summed E-state index contributed by atoms with van der Waals surface area (Å²) < 4.78 is 8.44. The summed E-state index contributed by atoms with van der Waals surface area (Å²) in [5, 5.41) is 9.49. The Hall–Kier alpha value is -0.770. The summed E-state index contributed by atoms with van der Waals surface area (Å²) in [6, 6.07) is 0. The number of carbonyl (C=O) groups excluding carboxylic acids is 1. The molecule has 0 rings (SSSR count). The van der Waals surface area contributed by atoms with Gasteiger partial charge >= 0.3 is 6.16 Å². The third-order valence-electron chi connectivity index (χ3n) is 0.507. The molecule has 4 nitrogen and oxygen atoms in total. The Kier molecular flexibility index (Phi) is 3.97.